The number of rotatable bonds is 5. The van der Waals surface area contributed by atoms with Gasteiger partial charge in [-0.3, -0.25) is 0 Å². The van der Waals surface area contributed by atoms with Crippen molar-refractivity contribution in [2.45, 2.75) is 18.4 Å². The van der Waals surface area contributed by atoms with Crippen molar-refractivity contribution < 1.29 is 27.4 Å². The van der Waals surface area contributed by atoms with Crippen LogP contribution in [-0.4, -0.2) is 32.4 Å². The summed E-state index contributed by atoms with van der Waals surface area (Å²) >= 11 is 6.00. The molecule has 8 heteroatoms. The van der Waals surface area contributed by atoms with Crippen LogP contribution in [0.15, 0.2) is 66.7 Å². The van der Waals surface area contributed by atoms with Crippen LogP contribution >= 0.6 is 11.6 Å². The Morgan fingerprint density at radius 2 is 1.61 bits per heavy atom. The summed E-state index contributed by atoms with van der Waals surface area (Å²) in [6.45, 7) is 2.14. The van der Waals surface area contributed by atoms with Gasteiger partial charge in [0.05, 0.1) is 11.7 Å². The van der Waals surface area contributed by atoms with Gasteiger partial charge in [0.1, 0.15) is 19.3 Å². The Morgan fingerprint density at radius 1 is 0.909 bits per heavy atom. The number of ether oxygens (including phenoxy) is 3. The summed E-state index contributed by atoms with van der Waals surface area (Å²) in [5.41, 5.74) is 0.963. The maximum absolute atomic E-state index is 13.7. The van der Waals surface area contributed by atoms with E-state index in [4.69, 9.17) is 25.8 Å². The first-order chi connectivity index (χ1) is 15.9. The maximum atomic E-state index is 13.7. The predicted octanol–water partition coefficient (Wildman–Crippen LogP) is 6.12. The Kier molecular flexibility index (Phi) is 5.85. The van der Waals surface area contributed by atoms with Crippen LogP contribution in [0.5, 0.6) is 11.5 Å². The lowest BCUT2D eigenvalue weighted by Gasteiger charge is -2.42. The molecule has 5 rings (SSSR count). The first-order valence-corrected chi connectivity index (χ1v) is 11.0. The molecule has 0 aromatic heterocycles. The number of benzene rings is 3. The minimum absolute atomic E-state index is 0.0881. The highest BCUT2D eigenvalue weighted by Crippen LogP contribution is 2.40. The van der Waals surface area contributed by atoms with Crippen LogP contribution in [0.1, 0.15) is 22.8 Å². The van der Waals surface area contributed by atoms with Gasteiger partial charge in [-0.2, -0.15) is 13.2 Å². The summed E-state index contributed by atoms with van der Waals surface area (Å²) in [5, 5.41) is 0.509. The number of hydrogen-bond acceptors (Lipinski definition) is 4. The minimum atomic E-state index is -4.48. The molecule has 1 saturated heterocycles. The lowest BCUT2D eigenvalue weighted by atomic mass is 9.95. The van der Waals surface area contributed by atoms with Crippen molar-refractivity contribution in [1.82, 2.24) is 0 Å². The van der Waals surface area contributed by atoms with Gasteiger partial charge in [-0.25, -0.2) is 0 Å². The standard InChI is InChI=1S/C25H21ClF3NO3/c26-17-7-5-16(6-8-17)24(20-3-1-2-4-21(20)25(27,28)29)33-19-14-30(15-19)18-9-10-22-23(13-18)32-12-11-31-22/h1-10,13,19,24H,11-12,14-15H2. The Balaban J connectivity index is 1.37. The third kappa shape index (κ3) is 4.61. The molecule has 3 aromatic carbocycles. The smallest absolute Gasteiger partial charge is 0.416 e. The topological polar surface area (TPSA) is 30.9 Å². The zero-order valence-corrected chi connectivity index (χ0v) is 18.3. The summed E-state index contributed by atoms with van der Waals surface area (Å²) in [4.78, 5) is 2.09. The highest BCUT2D eigenvalue weighted by atomic mass is 35.5. The Bertz CT molecular complexity index is 1130. The fraction of sp³-hybridized carbons (Fsp3) is 0.280. The number of halogens is 4. The van der Waals surface area contributed by atoms with Gasteiger partial charge >= 0.3 is 6.18 Å². The van der Waals surface area contributed by atoms with E-state index in [9.17, 15) is 13.2 Å². The van der Waals surface area contributed by atoms with Gasteiger partial charge in [-0.15, -0.1) is 0 Å². The molecular weight excluding hydrogens is 455 g/mol. The number of alkyl halides is 3. The van der Waals surface area contributed by atoms with Crippen LogP contribution in [0.3, 0.4) is 0 Å². The van der Waals surface area contributed by atoms with Crippen LogP contribution in [0.25, 0.3) is 0 Å². The second-order valence-corrected chi connectivity index (χ2v) is 8.44. The molecule has 2 heterocycles. The summed E-state index contributed by atoms with van der Waals surface area (Å²) < 4.78 is 58.7. The van der Waals surface area contributed by atoms with E-state index >= 15 is 0 Å². The van der Waals surface area contributed by atoms with E-state index in [1.165, 1.54) is 12.1 Å². The second-order valence-electron chi connectivity index (χ2n) is 8.01. The van der Waals surface area contributed by atoms with Crippen LogP contribution in [0, 0.1) is 0 Å². The second kappa shape index (κ2) is 8.80. The van der Waals surface area contributed by atoms with Gasteiger partial charge in [-0.05, 0) is 41.5 Å². The number of fused-ring (bicyclic) bond motifs is 1. The van der Waals surface area contributed by atoms with Crippen molar-refractivity contribution >= 4 is 17.3 Å². The minimum Gasteiger partial charge on any atom is -0.486 e. The van der Waals surface area contributed by atoms with Crippen LogP contribution in [0.4, 0.5) is 18.9 Å². The maximum Gasteiger partial charge on any atom is 0.416 e. The summed E-state index contributed by atoms with van der Waals surface area (Å²) in [7, 11) is 0. The molecule has 0 radical (unpaired) electrons. The molecule has 2 aliphatic heterocycles. The quantitative estimate of drug-likeness (QED) is 0.444. The van der Waals surface area contributed by atoms with Crippen molar-refractivity contribution in [3.8, 4) is 11.5 Å². The van der Waals surface area contributed by atoms with Crippen molar-refractivity contribution in [2.24, 2.45) is 0 Å². The molecule has 0 aliphatic carbocycles. The fourth-order valence-electron chi connectivity index (χ4n) is 4.11. The first-order valence-electron chi connectivity index (χ1n) is 10.6. The Hall–Kier alpha value is -2.90. The lowest BCUT2D eigenvalue weighted by molar-refractivity contribution is -0.139. The van der Waals surface area contributed by atoms with E-state index in [1.807, 2.05) is 18.2 Å². The van der Waals surface area contributed by atoms with Crippen molar-refractivity contribution in [2.75, 3.05) is 31.2 Å². The molecule has 0 saturated carbocycles. The first kappa shape index (κ1) is 21.9. The molecular formula is C25H21ClF3NO3. The van der Waals surface area contributed by atoms with E-state index in [2.05, 4.69) is 4.90 Å². The average molecular weight is 476 g/mol. The highest BCUT2D eigenvalue weighted by molar-refractivity contribution is 6.30. The molecule has 1 atom stereocenters. The van der Waals surface area contributed by atoms with Gasteiger partial charge < -0.3 is 19.1 Å². The molecule has 0 spiro atoms. The number of hydrogen-bond donors (Lipinski definition) is 0. The monoisotopic (exact) mass is 475 g/mol. The summed E-state index contributed by atoms with van der Waals surface area (Å²) in [6.07, 6.45) is -5.59. The molecule has 33 heavy (non-hydrogen) atoms. The Labute approximate surface area is 194 Å². The molecule has 0 amide bonds. The average Bonchev–Trinajstić information content (AvgIpc) is 2.78. The Morgan fingerprint density at radius 3 is 2.33 bits per heavy atom. The zero-order valence-electron chi connectivity index (χ0n) is 17.5. The zero-order chi connectivity index (χ0) is 23.0. The van der Waals surface area contributed by atoms with E-state index in [0.717, 1.165) is 11.8 Å². The van der Waals surface area contributed by atoms with Crippen LogP contribution in [-0.2, 0) is 10.9 Å². The molecule has 3 aromatic rings. The molecule has 0 bridgehead atoms. The van der Waals surface area contributed by atoms with Gasteiger partial charge in [0.25, 0.3) is 0 Å². The van der Waals surface area contributed by atoms with Crippen molar-refractivity contribution in [1.29, 1.82) is 0 Å². The summed E-state index contributed by atoms with van der Waals surface area (Å²) in [5.74, 6) is 1.41. The molecule has 0 N–H and O–H groups in total. The fourth-order valence-corrected chi connectivity index (χ4v) is 4.24. The van der Waals surface area contributed by atoms with E-state index in [0.29, 0.717) is 48.4 Å². The van der Waals surface area contributed by atoms with Gasteiger partial charge in [-0.1, -0.05) is 41.9 Å². The number of nitrogens with zero attached hydrogens (tertiary/aromatic N) is 1. The largest absolute Gasteiger partial charge is 0.486 e. The molecule has 1 fully saturated rings. The third-order valence-electron chi connectivity index (χ3n) is 5.79. The van der Waals surface area contributed by atoms with Crippen molar-refractivity contribution in [3.63, 3.8) is 0 Å². The van der Waals surface area contributed by atoms with E-state index < -0.39 is 17.8 Å². The third-order valence-corrected chi connectivity index (χ3v) is 6.04. The number of anilines is 1. The van der Waals surface area contributed by atoms with Crippen LogP contribution < -0.4 is 14.4 Å². The SMILES string of the molecule is FC(F)(F)c1ccccc1C(OC1CN(c2ccc3c(c2)OCCO3)C1)c1ccc(Cl)cc1. The normalized spacial score (nSPS) is 16.9. The van der Waals surface area contributed by atoms with Gasteiger partial charge in [0, 0.05) is 29.9 Å². The van der Waals surface area contributed by atoms with E-state index in [-0.39, 0.29) is 11.7 Å². The molecule has 1 unspecified atom stereocenters. The lowest BCUT2D eigenvalue weighted by Crippen LogP contribution is -2.52. The van der Waals surface area contributed by atoms with E-state index in [1.54, 1.807) is 30.3 Å². The predicted molar refractivity (Wildman–Crippen MR) is 119 cm³/mol. The van der Waals surface area contributed by atoms with Crippen molar-refractivity contribution in [3.05, 3.63) is 88.4 Å². The summed E-state index contributed by atoms with van der Waals surface area (Å²) in [6, 6.07) is 18.0. The highest BCUT2D eigenvalue weighted by Gasteiger charge is 2.38. The van der Waals surface area contributed by atoms with Crippen LogP contribution in [0.2, 0.25) is 5.02 Å². The molecule has 2 aliphatic rings. The van der Waals surface area contributed by atoms with Gasteiger partial charge in [0.15, 0.2) is 11.5 Å². The van der Waals surface area contributed by atoms with Gasteiger partial charge in [0.2, 0.25) is 0 Å². The molecule has 4 nitrogen and oxygen atoms in total. The molecule has 172 valence electrons.